The molecular weight excluding hydrogens is 534 g/mol. The number of benzene rings is 1. The van der Waals surface area contributed by atoms with Crippen LogP contribution in [0.5, 0.6) is 0 Å². The van der Waals surface area contributed by atoms with E-state index in [0.29, 0.717) is 34.8 Å². The molecule has 0 spiro atoms. The van der Waals surface area contributed by atoms with Gasteiger partial charge >= 0.3 is 0 Å². The molecular formula is C20H26ClN7O2S4. The zero-order chi connectivity index (χ0) is 24.4. The molecule has 2 heterocycles. The molecule has 0 fully saturated rings. The molecule has 0 unspecified atom stereocenters. The lowest BCUT2D eigenvalue weighted by molar-refractivity contribution is 0.603. The van der Waals surface area contributed by atoms with Crippen molar-refractivity contribution in [2.75, 3.05) is 30.3 Å². The molecule has 2 aromatic heterocycles. The summed E-state index contributed by atoms with van der Waals surface area (Å²) in [6, 6.07) is 6.12. The number of nitrogens with two attached hydrogens (primary N) is 1. The molecule has 9 nitrogen and oxygen atoms in total. The highest BCUT2D eigenvalue weighted by Crippen LogP contribution is 2.18. The average molecular weight is 560 g/mol. The summed E-state index contributed by atoms with van der Waals surface area (Å²) in [6.07, 6.45) is 1.69. The van der Waals surface area contributed by atoms with E-state index in [2.05, 4.69) is 30.8 Å². The number of hydrogen-bond acceptors (Lipinski definition) is 11. The fourth-order valence-corrected chi connectivity index (χ4v) is 6.34. The van der Waals surface area contributed by atoms with Gasteiger partial charge < -0.3 is 21.4 Å². The van der Waals surface area contributed by atoms with Crippen molar-refractivity contribution in [2.24, 2.45) is 0 Å². The number of nitrogen functional groups attached to an aromatic ring is 1. The Morgan fingerprint density at radius 3 is 2.41 bits per heavy atom. The van der Waals surface area contributed by atoms with Gasteiger partial charge in [-0.25, -0.2) is 13.4 Å². The second-order valence-electron chi connectivity index (χ2n) is 7.00. The Kier molecular flexibility index (Phi) is 10.4. The van der Waals surface area contributed by atoms with Gasteiger partial charge in [-0.3, -0.25) is 0 Å². The smallest absolute Gasteiger partial charge is 0.203 e. The van der Waals surface area contributed by atoms with E-state index in [1.54, 1.807) is 42.0 Å². The third kappa shape index (κ3) is 8.69. The standard InChI is InChI=1S/C20H26ClN7O2S4/c1-14-17(26-13-25-14)10-31-8-6-23-18(12-34(29,30)16-4-2-15(21)3-5-16)24-7-9-32-11-19-27-28-20(22)33-19/h2-5,12-13,23-24H,6-11H2,1H3,(H2,22,28)(H,25,26). The number of sulfone groups is 1. The Hall–Kier alpha value is -1.93. The third-order valence-corrected chi connectivity index (χ3v) is 9.02. The van der Waals surface area contributed by atoms with E-state index in [1.807, 2.05) is 6.92 Å². The van der Waals surface area contributed by atoms with Crippen molar-refractivity contribution in [2.45, 2.75) is 23.3 Å². The van der Waals surface area contributed by atoms with E-state index in [9.17, 15) is 8.42 Å². The Bertz CT molecular complexity index is 1180. The Balaban J connectivity index is 1.53. The van der Waals surface area contributed by atoms with Gasteiger partial charge in [0.05, 0.1) is 22.3 Å². The summed E-state index contributed by atoms with van der Waals surface area (Å²) < 4.78 is 25.7. The molecule has 0 radical (unpaired) electrons. The number of hydrogen-bond donors (Lipinski definition) is 4. The van der Waals surface area contributed by atoms with Gasteiger partial charge in [0, 0.05) is 46.8 Å². The minimum atomic E-state index is -3.65. The lowest BCUT2D eigenvalue weighted by Gasteiger charge is -2.14. The van der Waals surface area contributed by atoms with E-state index in [0.717, 1.165) is 33.7 Å². The fraction of sp³-hybridized carbons (Fsp3) is 0.350. The van der Waals surface area contributed by atoms with Crippen LogP contribution in [0.2, 0.25) is 5.02 Å². The molecule has 184 valence electrons. The van der Waals surface area contributed by atoms with Crippen LogP contribution in [-0.2, 0) is 21.3 Å². The maximum absolute atomic E-state index is 12.9. The van der Waals surface area contributed by atoms with E-state index in [1.165, 1.54) is 28.9 Å². The summed E-state index contributed by atoms with van der Waals surface area (Å²) in [7, 11) is -3.65. The predicted octanol–water partition coefficient (Wildman–Crippen LogP) is 3.42. The second-order valence-corrected chi connectivity index (χ2v) is 12.5. The van der Waals surface area contributed by atoms with Gasteiger partial charge in [0.15, 0.2) is 0 Å². The fourth-order valence-electron chi connectivity index (χ4n) is 2.69. The van der Waals surface area contributed by atoms with E-state index in [4.69, 9.17) is 17.3 Å². The minimum absolute atomic E-state index is 0.185. The van der Waals surface area contributed by atoms with Crippen LogP contribution in [0.3, 0.4) is 0 Å². The molecule has 0 amide bonds. The van der Waals surface area contributed by atoms with Crippen LogP contribution in [0.25, 0.3) is 0 Å². The number of aromatic amines is 1. The second kappa shape index (κ2) is 13.2. The van der Waals surface area contributed by atoms with E-state index >= 15 is 0 Å². The van der Waals surface area contributed by atoms with Crippen molar-refractivity contribution in [1.82, 2.24) is 30.8 Å². The van der Waals surface area contributed by atoms with Gasteiger partial charge in [-0.05, 0) is 31.2 Å². The van der Waals surface area contributed by atoms with Crippen molar-refractivity contribution in [3.05, 3.63) is 63.2 Å². The van der Waals surface area contributed by atoms with Crippen molar-refractivity contribution in [3.8, 4) is 0 Å². The van der Waals surface area contributed by atoms with Crippen molar-refractivity contribution < 1.29 is 8.42 Å². The first-order valence-electron chi connectivity index (χ1n) is 10.3. The molecule has 5 N–H and O–H groups in total. The largest absolute Gasteiger partial charge is 0.374 e. The molecule has 3 rings (SSSR count). The first kappa shape index (κ1) is 26.7. The lowest BCUT2D eigenvalue weighted by Crippen LogP contribution is -2.30. The topological polar surface area (TPSA) is 139 Å². The van der Waals surface area contributed by atoms with Gasteiger partial charge in [0.25, 0.3) is 0 Å². The summed E-state index contributed by atoms with van der Waals surface area (Å²) in [5, 5.41) is 17.3. The maximum Gasteiger partial charge on any atom is 0.203 e. The molecule has 0 aliphatic carbocycles. The number of imidazole rings is 1. The number of aromatic nitrogens is 4. The molecule has 0 aliphatic rings. The van der Waals surface area contributed by atoms with Gasteiger partial charge in [0.2, 0.25) is 15.0 Å². The van der Waals surface area contributed by atoms with Crippen LogP contribution in [0.4, 0.5) is 5.13 Å². The van der Waals surface area contributed by atoms with Crippen LogP contribution in [-0.4, -0.2) is 53.2 Å². The molecule has 0 bridgehead atoms. The number of thioether (sulfide) groups is 2. The van der Waals surface area contributed by atoms with Crippen molar-refractivity contribution in [3.63, 3.8) is 0 Å². The Labute approximate surface area is 216 Å². The van der Waals surface area contributed by atoms with Gasteiger partial charge in [-0.2, -0.15) is 23.5 Å². The zero-order valence-electron chi connectivity index (χ0n) is 18.5. The zero-order valence-corrected chi connectivity index (χ0v) is 22.5. The highest BCUT2D eigenvalue weighted by Gasteiger charge is 2.13. The Morgan fingerprint density at radius 1 is 1.15 bits per heavy atom. The van der Waals surface area contributed by atoms with Gasteiger partial charge in [0.1, 0.15) is 10.8 Å². The van der Waals surface area contributed by atoms with Crippen LogP contribution >= 0.6 is 46.5 Å². The summed E-state index contributed by atoms with van der Waals surface area (Å²) >= 11 is 10.7. The maximum atomic E-state index is 12.9. The molecule has 3 aromatic rings. The number of aryl methyl sites for hydroxylation is 1. The number of rotatable bonds is 14. The van der Waals surface area contributed by atoms with E-state index in [-0.39, 0.29) is 4.90 Å². The number of H-pyrrole nitrogens is 1. The SMILES string of the molecule is Cc1[nH]cnc1CSCCNC(=CS(=O)(=O)c1ccc(Cl)cc1)NCCSCc1nnc(N)s1. The minimum Gasteiger partial charge on any atom is -0.374 e. The van der Waals surface area contributed by atoms with Gasteiger partial charge in [-0.15, -0.1) is 10.2 Å². The summed E-state index contributed by atoms with van der Waals surface area (Å²) in [5.41, 5.74) is 7.69. The molecule has 1 aromatic carbocycles. The van der Waals surface area contributed by atoms with Crippen molar-refractivity contribution >= 4 is 61.4 Å². The van der Waals surface area contributed by atoms with Crippen LogP contribution < -0.4 is 16.4 Å². The summed E-state index contributed by atoms with van der Waals surface area (Å²) in [6.45, 7) is 3.17. The lowest BCUT2D eigenvalue weighted by atomic mass is 10.4. The molecule has 0 saturated carbocycles. The average Bonchev–Trinajstić information content (AvgIpc) is 3.40. The van der Waals surface area contributed by atoms with E-state index < -0.39 is 9.84 Å². The number of halogens is 1. The Morgan fingerprint density at radius 2 is 1.82 bits per heavy atom. The first-order chi connectivity index (χ1) is 16.3. The third-order valence-electron chi connectivity index (χ3n) is 4.42. The highest BCUT2D eigenvalue weighted by atomic mass is 35.5. The molecule has 0 aliphatic heterocycles. The monoisotopic (exact) mass is 559 g/mol. The predicted molar refractivity (Wildman–Crippen MR) is 143 cm³/mol. The van der Waals surface area contributed by atoms with Crippen molar-refractivity contribution in [1.29, 1.82) is 0 Å². The summed E-state index contributed by atoms with van der Waals surface area (Å²) in [5.74, 6) is 3.49. The molecule has 0 atom stereocenters. The first-order valence-corrected chi connectivity index (χ1v) is 15.3. The normalized spacial score (nSPS) is 12.1. The molecule has 0 saturated heterocycles. The van der Waals surface area contributed by atoms with Crippen LogP contribution in [0, 0.1) is 6.92 Å². The van der Waals surface area contributed by atoms with Crippen LogP contribution in [0.15, 0.2) is 46.7 Å². The van der Waals surface area contributed by atoms with Crippen LogP contribution in [0.1, 0.15) is 16.4 Å². The molecule has 34 heavy (non-hydrogen) atoms. The highest BCUT2D eigenvalue weighted by molar-refractivity contribution is 7.98. The molecule has 14 heteroatoms. The quantitative estimate of drug-likeness (QED) is 0.217. The summed E-state index contributed by atoms with van der Waals surface area (Å²) in [4.78, 5) is 7.55. The number of nitrogens with zero attached hydrogens (tertiary/aromatic N) is 3. The number of anilines is 1. The van der Waals surface area contributed by atoms with Gasteiger partial charge in [-0.1, -0.05) is 22.9 Å². The number of nitrogens with one attached hydrogen (secondary N) is 3.